The summed E-state index contributed by atoms with van der Waals surface area (Å²) < 4.78 is 26.8. The second kappa shape index (κ2) is 10.3. The van der Waals surface area contributed by atoms with E-state index in [4.69, 9.17) is 20.8 Å². The maximum atomic E-state index is 13.8. The average Bonchev–Trinajstić information content (AvgIpc) is 3.44. The molecule has 0 aliphatic rings. The molecule has 0 bridgehead atoms. The summed E-state index contributed by atoms with van der Waals surface area (Å²) in [4.78, 5) is 12.3. The van der Waals surface area contributed by atoms with Gasteiger partial charge in [0.25, 0.3) is 0 Å². The third kappa shape index (κ3) is 5.68. The number of benzene rings is 2. The number of hydrogen-bond acceptors (Lipinski definition) is 6. The smallest absolute Gasteiger partial charge is 0.234 e. The van der Waals surface area contributed by atoms with Gasteiger partial charge in [-0.2, -0.15) is 0 Å². The minimum absolute atomic E-state index is 0.0304. The monoisotopic (exact) mass is 472 g/mol. The number of carbonyl (C=O) groups excluding carboxylic acids is 1. The minimum Gasteiger partial charge on any atom is -0.486 e. The zero-order valence-corrected chi connectivity index (χ0v) is 18.3. The van der Waals surface area contributed by atoms with Crippen LogP contribution in [-0.4, -0.2) is 26.4 Å². The molecule has 0 atom stereocenters. The first-order valence-corrected chi connectivity index (χ1v) is 10.9. The lowest BCUT2D eigenvalue weighted by Crippen LogP contribution is -2.16. The number of carbonyl (C=O) groups is 1. The third-order valence-corrected chi connectivity index (χ3v) is 5.57. The Morgan fingerprint density at radius 3 is 2.69 bits per heavy atom. The molecule has 2 heterocycles. The van der Waals surface area contributed by atoms with E-state index in [2.05, 4.69) is 15.5 Å². The molecule has 1 N–H and O–H groups in total. The van der Waals surface area contributed by atoms with E-state index >= 15 is 0 Å². The topological polar surface area (TPSA) is 82.2 Å². The van der Waals surface area contributed by atoms with E-state index in [-0.39, 0.29) is 24.0 Å². The maximum absolute atomic E-state index is 13.8. The molecule has 7 nitrogen and oxygen atoms in total. The molecule has 0 aliphatic heterocycles. The number of aromatic nitrogens is 3. The van der Waals surface area contributed by atoms with E-state index in [9.17, 15) is 9.18 Å². The lowest BCUT2D eigenvalue weighted by atomic mass is 10.3. The van der Waals surface area contributed by atoms with E-state index < -0.39 is 5.82 Å². The summed E-state index contributed by atoms with van der Waals surface area (Å²) in [5, 5.41) is 12.1. The van der Waals surface area contributed by atoms with Gasteiger partial charge in [-0.3, -0.25) is 9.36 Å². The fourth-order valence-electron chi connectivity index (χ4n) is 2.81. The molecule has 2 aromatic heterocycles. The summed E-state index contributed by atoms with van der Waals surface area (Å²) >= 11 is 7.10. The van der Waals surface area contributed by atoms with Crippen molar-refractivity contribution in [1.29, 1.82) is 0 Å². The van der Waals surface area contributed by atoms with Crippen LogP contribution in [-0.2, 0) is 17.9 Å². The van der Waals surface area contributed by atoms with Gasteiger partial charge in [0.15, 0.2) is 11.0 Å². The highest BCUT2D eigenvalue weighted by Gasteiger charge is 2.17. The number of nitrogens with zero attached hydrogens (tertiary/aromatic N) is 3. The number of amides is 1. The number of halogens is 2. The quantitative estimate of drug-likeness (QED) is 0.344. The van der Waals surface area contributed by atoms with Crippen LogP contribution in [0.5, 0.6) is 5.75 Å². The first kappa shape index (κ1) is 21.9. The molecule has 2 aromatic carbocycles. The number of anilines is 1. The van der Waals surface area contributed by atoms with Crippen LogP contribution in [0.1, 0.15) is 11.6 Å². The molecule has 0 fully saturated rings. The van der Waals surface area contributed by atoms with Crippen molar-refractivity contribution in [3.05, 3.63) is 89.4 Å². The predicted octanol–water partition coefficient (Wildman–Crippen LogP) is 5.02. The minimum atomic E-state index is -0.492. The molecule has 10 heteroatoms. The lowest BCUT2D eigenvalue weighted by molar-refractivity contribution is -0.113. The highest BCUT2D eigenvalue weighted by molar-refractivity contribution is 7.99. The molecule has 0 unspecified atom stereocenters. The van der Waals surface area contributed by atoms with Gasteiger partial charge >= 0.3 is 0 Å². The first-order chi connectivity index (χ1) is 15.6. The highest BCUT2D eigenvalue weighted by atomic mass is 35.5. The molecule has 1 amide bonds. The fourth-order valence-corrected chi connectivity index (χ4v) is 3.69. The zero-order chi connectivity index (χ0) is 22.3. The molecule has 0 radical (unpaired) electrons. The van der Waals surface area contributed by atoms with Gasteiger partial charge in [0, 0.05) is 5.02 Å². The number of para-hydroxylation sites is 1. The molecular weight excluding hydrogens is 455 g/mol. The van der Waals surface area contributed by atoms with Gasteiger partial charge < -0.3 is 14.5 Å². The van der Waals surface area contributed by atoms with Crippen LogP contribution in [0.15, 0.2) is 76.5 Å². The van der Waals surface area contributed by atoms with Crippen molar-refractivity contribution in [3.8, 4) is 5.75 Å². The molecule has 4 rings (SSSR count). The van der Waals surface area contributed by atoms with Crippen molar-refractivity contribution < 1.29 is 18.3 Å². The largest absolute Gasteiger partial charge is 0.486 e. The fraction of sp³-hybridized carbons (Fsp3) is 0.136. The van der Waals surface area contributed by atoms with Crippen LogP contribution in [0, 0.1) is 5.82 Å². The van der Waals surface area contributed by atoms with Gasteiger partial charge in [0.2, 0.25) is 5.91 Å². The van der Waals surface area contributed by atoms with Gasteiger partial charge in [-0.05, 0) is 48.5 Å². The molecule has 0 saturated heterocycles. The van der Waals surface area contributed by atoms with Crippen LogP contribution in [0.2, 0.25) is 5.02 Å². The molecule has 164 valence electrons. The summed E-state index contributed by atoms with van der Waals surface area (Å²) in [7, 11) is 0. The summed E-state index contributed by atoms with van der Waals surface area (Å²) in [6.07, 6.45) is 1.58. The zero-order valence-electron chi connectivity index (χ0n) is 16.7. The van der Waals surface area contributed by atoms with Gasteiger partial charge in [-0.1, -0.05) is 35.5 Å². The van der Waals surface area contributed by atoms with Crippen molar-refractivity contribution in [2.24, 2.45) is 0 Å². The number of hydrogen-bond donors (Lipinski definition) is 1. The highest BCUT2D eigenvalue weighted by Crippen LogP contribution is 2.22. The molecule has 0 saturated carbocycles. The van der Waals surface area contributed by atoms with E-state index in [1.165, 1.54) is 23.9 Å². The van der Waals surface area contributed by atoms with Gasteiger partial charge in [0.1, 0.15) is 23.9 Å². The molecular formula is C22H18ClFN4O3S. The summed E-state index contributed by atoms with van der Waals surface area (Å²) in [6, 6.07) is 16.6. The predicted molar refractivity (Wildman–Crippen MR) is 119 cm³/mol. The maximum Gasteiger partial charge on any atom is 0.234 e. The van der Waals surface area contributed by atoms with Gasteiger partial charge in [-0.25, -0.2) is 4.39 Å². The number of ether oxygens (including phenoxy) is 1. The van der Waals surface area contributed by atoms with Crippen LogP contribution in [0.25, 0.3) is 0 Å². The number of thioether (sulfide) groups is 1. The van der Waals surface area contributed by atoms with E-state index in [0.29, 0.717) is 34.1 Å². The second-order valence-electron chi connectivity index (χ2n) is 6.62. The van der Waals surface area contributed by atoms with Crippen LogP contribution >= 0.6 is 23.4 Å². The van der Waals surface area contributed by atoms with Crippen molar-refractivity contribution in [1.82, 2.24) is 14.8 Å². The lowest BCUT2D eigenvalue weighted by Gasteiger charge is -2.10. The Bertz CT molecular complexity index is 1180. The number of rotatable bonds is 9. The Morgan fingerprint density at radius 2 is 1.94 bits per heavy atom. The Kier molecular flexibility index (Phi) is 7.08. The van der Waals surface area contributed by atoms with Crippen molar-refractivity contribution in [2.45, 2.75) is 18.3 Å². The van der Waals surface area contributed by atoms with E-state index in [0.717, 1.165) is 0 Å². The van der Waals surface area contributed by atoms with Gasteiger partial charge in [0.05, 0.1) is 24.2 Å². The van der Waals surface area contributed by atoms with Crippen molar-refractivity contribution in [2.75, 3.05) is 11.1 Å². The first-order valence-electron chi connectivity index (χ1n) is 9.58. The van der Waals surface area contributed by atoms with E-state index in [1.807, 2.05) is 10.6 Å². The third-order valence-electron chi connectivity index (χ3n) is 4.35. The SMILES string of the molecule is O=C(CSc1nnc(COc2ccc(Cl)cc2)n1Cc1ccco1)Nc1ccccc1F. The summed E-state index contributed by atoms with van der Waals surface area (Å²) in [6.45, 7) is 0.536. The normalized spacial score (nSPS) is 10.8. The Labute approximate surface area is 192 Å². The molecule has 0 aliphatic carbocycles. The van der Waals surface area contributed by atoms with Crippen LogP contribution < -0.4 is 10.1 Å². The molecule has 0 spiro atoms. The van der Waals surface area contributed by atoms with Crippen molar-refractivity contribution >= 4 is 35.0 Å². The van der Waals surface area contributed by atoms with Crippen molar-refractivity contribution in [3.63, 3.8) is 0 Å². The average molecular weight is 473 g/mol. The summed E-state index contributed by atoms with van der Waals surface area (Å²) in [5.74, 6) is 1.09. The van der Waals surface area contributed by atoms with Gasteiger partial charge in [-0.15, -0.1) is 10.2 Å². The van der Waals surface area contributed by atoms with E-state index in [1.54, 1.807) is 48.7 Å². The Hall–Kier alpha value is -3.30. The Morgan fingerprint density at radius 1 is 1.12 bits per heavy atom. The number of furan rings is 1. The molecule has 32 heavy (non-hydrogen) atoms. The Balaban J connectivity index is 1.45. The molecule has 4 aromatic rings. The second-order valence-corrected chi connectivity index (χ2v) is 8.00. The summed E-state index contributed by atoms with van der Waals surface area (Å²) in [5.41, 5.74) is 0.132. The number of nitrogens with one attached hydrogen (secondary N) is 1. The van der Waals surface area contributed by atoms with Crippen LogP contribution in [0.3, 0.4) is 0 Å². The standard InChI is InChI=1S/C22H18ClFN4O3S/c23-15-7-9-16(10-8-15)31-13-20-26-27-22(28(20)12-17-4-3-11-30-17)32-14-21(29)25-19-6-2-1-5-18(19)24/h1-11H,12-14H2,(H,25,29). The van der Waals surface area contributed by atoms with Crippen LogP contribution in [0.4, 0.5) is 10.1 Å².